The molecule has 0 aliphatic heterocycles. The van der Waals surface area contributed by atoms with Crippen molar-refractivity contribution in [2.45, 2.75) is 53.0 Å². The van der Waals surface area contributed by atoms with Crippen LogP contribution in [0.1, 0.15) is 45.1 Å². The van der Waals surface area contributed by atoms with Gasteiger partial charge in [-0.05, 0) is 40.5 Å². The van der Waals surface area contributed by atoms with Gasteiger partial charge in [0, 0.05) is 30.8 Å². The van der Waals surface area contributed by atoms with Crippen LogP contribution < -0.4 is 10.9 Å². The molecule has 2 N–H and O–H groups in total. The van der Waals surface area contributed by atoms with E-state index in [-0.39, 0.29) is 5.56 Å². The summed E-state index contributed by atoms with van der Waals surface area (Å²) < 4.78 is 0. The van der Waals surface area contributed by atoms with Gasteiger partial charge in [-0.3, -0.25) is 4.79 Å². The van der Waals surface area contributed by atoms with Gasteiger partial charge in [0.25, 0.3) is 5.56 Å². The maximum absolute atomic E-state index is 11.3. The van der Waals surface area contributed by atoms with E-state index >= 15 is 0 Å². The molecule has 1 aromatic heterocycles. The Bertz CT molecular complexity index is 473. The number of rotatable bonds is 7. The van der Waals surface area contributed by atoms with Crippen LogP contribution in [0.3, 0.4) is 0 Å². The summed E-state index contributed by atoms with van der Waals surface area (Å²) >= 11 is 0. The maximum Gasteiger partial charge on any atom is 0.251 e. The molecule has 0 aromatic carbocycles. The maximum atomic E-state index is 11.3. The van der Waals surface area contributed by atoms with E-state index in [9.17, 15) is 4.79 Å². The Morgan fingerprint density at radius 1 is 1.53 bits per heavy atom. The van der Waals surface area contributed by atoms with E-state index in [2.05, 4.69) is 42.1 Å². The second-order valence-corrected chi connectivity index (χ2v) is 5.30. The highest BCUT2D eigenvalue weighted by Gasteiger charge is 2.02. The molecular weight excluding hydrogens is 238 g/mol. The van der Waals surface area contributed by atoms with Gasteiger partial charge in [0.15, 0.2) is 0 Å². The van der Waals surface area contributed by atoms with Gasteiger partial charge in [-0.25, -0.2) is 4.98 Å². The lowest BCUT2D eigenvalue weighted by atomic mass is 10.1. The topological polar surface area (TPSA) is 57.8 Å². The van der Waals surface area contributed by atoms with Crippen molar-refractivity contribution in [3.05, 3.63) is 39.6 Å². The summed E-state index contributed by atoms with van der Waals surface area (Å²) in [5.41, 5.74) is 2.07. The first-order valence-corrected chi connectivity index (χ1v) is 6.91. The molecule has 1 unspecified atom stereocenters. The molecule has 4 nitrogen and oxygen atoms in total. The zero-order valence-corrected chi connectivity index (χ0v) is 12.4. The minimum Gasteiger partial charge on any atom is -0.314 e. The summed E-state index contributed by atoms with van der Waals surface area (Å²) in [6.07, 6.45) is 5.25. The average molecular weight is 263 g/mol. The molecule has 1 aromatic rings. The summed E-state index contributed by atoms with van der Waals surface area (Å²) in [6.45, 7) is 9.11. The lowest BCUT2D eigenvalue weighted by molar-refractivity contribution is 0.516. The Kier molecular flexibility index (Phi) is 6.50. The molecule has 0 aliphatic carbocycles. The zero-order chi connectivity index (χ0) is 14.3. The molecule has 0 radical (unpaired) electrons. The first-order chi connectivity index (χ1) is 8.97. The van der Waals surface area contributed by atoms with Crippen LogP contribution in [0.5, 0.6) is 0 Å². The lowest BCUT2D eigenvalue weighted by Crippen LogP contribution is -2.28. The molecule has 0 fully saturated rings. The molecule has 0 saturated carbocycles. The highest BCUT2D eigenvalue weighted by atomic mass is 16.1. The first-order valence-electron chi connectivity index (χ1n) is 6.91. The van der Waals surface area contributed by atoms with Crippen LogP contribution in [0.4, 0.5) is 0 Å². The van der Waals surface area contributed by atoms with Crippen molar-refractivity contribution >= 4 is 0 Å². The van der Waals surface area contributed by atoms with Crippen LogP contribution in [-0.2, 0) is 6.42 Å². The molecule has 0 saturated heterocycles. The standard InChI is InChI=1S/C15H25N3O/c1-11(2)6-5-7-12(3)16-9-8-14-17-13(4)10-15(19)18-14/h6,10,12,16H,5,7-9H2,1-4H3,(H,17,18,19). The minimum atomic E-state index is -0.0703. The van der Waals surface area contributed by atoms with Crippen molar-refractivity contribution in [2.24, 2.45) is 0 Å². The van der Waals surface area contributed by atoms with E-state index in [0.29, 0.717) is 6.04 Å². The summed E-state index contributed by atoms with van der Waals surface area (Å²) in [4.78, 5) is 18.4. The van der Waals surface area contributed by atoms with E-state index in [1.807, 2.05) is 6.92 Å². The fraction of sp³-hybridized carbons (Fsp3) is 0.600. The summed E-state index contributed by atoms with van der Waals surface area (Å²) in [6, 6.07) is 1.99. The van der Waals surface area contributed by atoms with Crippen LogP contribution in [-0.4, -0.2) is 22.6 Å². The van der Waals surface area contributed by atoms with Gasteiger partial charge in [0.2, 0.25) is 0 Å². The third-order valence-electron chi connectivity index (χ3n) is 2.93. The molecule has 0 bridgehead atoms. The van der Waals surface area contributed by atoms with Gasteiger partial charge in [0.05, 0.1) is 0 Å². The summed E-state index contributed by atoms with van der Waals surface area (Å²) in [5.74, 6) is 0.758. The average Bonchev–Trinajstić information content (AvgIpc) is 2.27. The highest BCUT2D eigenvalue weighted by molar-refractivity contribution is 5.00. The quantitative estimate of drug-likeness (QED) is 0.742. The molecule has 4 heteroatoms. The number of aryl methyl sites for hydroxylation is 1. The zero-order valence-electron chi connectivity index (χ0n) is 12.4. The first kappa shape index (κ1) is 15.6. The Balaban J connectivity index is 2.29. The SMILES string of the molecule is CC(C)=CCCC(C)NCCc1nc(C)cc(=O)[nH]1. The molecule has 1 atom stereocenters. The van der Waals surface area contributed by atoms with Gasteiger partial charge in [-0.2, -0.15) is 0 Å². The highest BCUT2D eigenvalue weighted by Crippen LogP contribution is 2.01. The predicted octanol–water partition coefficient (Wildman–Crippen LogP) is 2.35. The number of H-pyrrole nitrogens is 1. The molecule has 0 spiro atoms. The summed E-state index contributed by atoms with van der Waals surface area (Å²) in [5, 5.41) is 3.45. The minimum absolute atomic E-state index is 0.0703. The third-order valence-corrected chi connectivity index (χ3v) is 2.93. The smallest absolute Gasteiger partial charge is 0.251 e. The largest absolute Gasteiger partial charge is 0.314 e. The van der Waals surface area contributed by atoms with Crippen molar-refractivity contribution in [3.8, 4) is 0 Å². The van der Waals surface area contributed by atoms with Gasteiger partial charge in [-0.1, -0.05) is 11.6 Å². The molecule has 19 heavy (non-hydrogen) atoms. The van der Waals surface area contributed by atoms with E-state index in [1.54, 1.807) is 0 Å². The monoisotopic (exact) mass is 263 g/mol. The molecule has 1 rings (SSSR count). The van der Waals surface area contributed by atoms with E-state index in [1.165, 1.54) is 11.6 Å². The van der Waals surface area contributed by atoms with Crippen LogP contribution in [0.15, 0.2) is 22.5 Å². The predicted molar refractivity (Wildman–Crippen MR) is 79.4 cm³/mol. The Hall–Kier alpha value is -1.42. The number of nitrogens with zero attached hydrogens (tertiary/aromatic N) is 1. The molecule has 0 amide bonds. The number of aromatic nitrogens is 2. The fourth-order valence-electron chi connectivity index (χ4n) is 1.92. The Labute approximate surface area is 115 Å². The van der Waals surface area contributed by atoms with Crippen molar-refractivity contribution in [2.75, 3.05) is 6.54 Å². The number of allylic oxidation sites excluding steroid dienone is 2. The number of aromatic amines is 1. The van der Waals surface area contributed by atoms with E-state index in [4.69, 9.17) is 0 Å². The normalized spacial score (nSPS) is 12.2. The van der Waals surface area contributed by atoms with Gasteiger partial charge < -0.3 is 10.3 Å². The van der Waals surface area contributed by atoms with Gasteiger partial charge >= 0.3 is 0 Å². The third kappa shape index (κ3) is 6.91. The number of nitrogens with one attached hydrogen (secondary N) is 2. The lowest BCUT2D eigenvalue weighted by Gasteiger charge is -2.12. The van der Waals surface area contributed by atoms with E-state index < -0.39 is 0 Å². The van der Waals surface area contributed by atoms with Crippen LogP contribution in [0.2, 0.25) is 0 Å². The van der Waals surface area contributed by atoms with Gasteiger partial charge in [-0.15, -0.1) is 0 Å². The fourth-order valence-corrected chi connectivity index (χ4v) is 1.92. The second kappa shape index (κ2) is 7.89. The molecule has 1 heterocycles. The van der Waals surface area contributed by atoms with Crippen molar-refractivity contribution in [3.63, 3.8) is 0 Å². The number of hydrogen-bond donors (Lipinski definition) is 2. The molecular formula is C15H25N3O. The number of hydrogen-bond acceptors (Lipinski definition) is 3. The Morgan fingerprint density at radius 3 is 2.89 bits per heavy atom. The van der Waals surface area contributed by atoms with Crippen molar-refractivity contribution < 1.29 is 0 Å². The molecule has 0 aliphatic rings. The van der Waals surface area contributed by atoms with Crippen molar-refractivity contribution in [1.29, 1.82) is 0 Å². The van der Waals surface area contributed by atoms with Crippen molar-refractivity contribution in [1.82, 2.24) is 15.3 Å². The van der Waals surface area contributed by atoms with Crippen LogP contribution in [0, 0.1) is 6.92 Å². The Morgan fingerprint density at radius 2 is 2.26 bits per heavy atom. The molecule has 106 valence electrons. The van der Waals surface area contributed by atoms with Crippen LogP contribution >= 0.6 is 0 Å². The van der Waals surface area contributed by atoms with Crippen LogP contribution in [0.25, 0.3) is 0 Å². The van der Waals surface area contributed by atoms with Gasteiger partial charge in [0.1, 0.15) is 5.82 Å². The summed E-state index contributed by atoms with van der Waals surface area (Å²) in [7, 11) is 0. The second-order valence-electron chi connectivity index (χ2n) is 5.30. The van der Waals surface area contributed by atoms with E-state index in [0.717, 1.165) is 37.3 Å².